The zero-order chi connectivity index (χ0) is 40.9. The molecular formula is C42H52ClN4O10+. The molecule has 0 saturated heterocycles. The van der Waals surface area contributed by atoms with Crippen LogP contribution in [0.1, 0.15) is 65.5 Å². The second-order valence-corrected chi connectivity index (χ2v) is 13.6. The van der Waals surface area contributed by atoms with Gasteiger partial charge >= 0.3 is 18.2 Å². The zero-order valence-electron chi connectivity index (χ0n) is 32.3. The lowest BCUT2D eigenvalue weighted by Gasteiger charge is -2.13. The molecule has 0 aliphatic rings. The molecule has 15 heteroatoms. The number of ketones is 2. The molecule has 2 amide bonds. The van der Waals surface area contributed by atoms with Crippen LogP contribution in [-0.4, -0.2) is 70.3 Å². The summed E-state index contributed by atoms with van der Waals surface area (Å²) in [5, 5.41) is 32.6. The molecule has 0 radical (unpaired) electrons. The highest BCUT2D eigenvalue weighted by Crippen LogP contribution is 2.10. The van der Waals surface area contributed by atoms with Crippen molar-refractivity contribution >= 4 is 29.7 Å². The summed E-state index contributed by atoms with van der Waals surface area (Å²) < 4.78 is 13.6. The van der Waals surface area contributed by atoms with Crippen molar-refractivity contribution in [1.82, 2.24) is 10.6 Å². The van der Waals surface area contributed by atoms with E-state index in [0.29, 0.717) is 12.0 Å². The van der Waals surface area contributed by atoms with Crippen molar-refractivity contribution in [3.8, 4) is 0 Å². The Morgan fingerprint density at radius 1 is 0.614 bits per heavy atom. The van der Waals surface area contributed by atoms with Crippen molar-refractivity contribution in [2.75, 3.05) is 13.2 Å². The number of carboxylic acids is 1. The monoisotopic (exact) mass is 807 g/mol. The Bertz CT molecular complexity index is 1870. The molecule has 4 rings (SSSR count). The summed E-state index contributed by atoms with van der Waals surface area (Å²) in [7, 11) is 0. The lowest BCUT2D eigenvalue weighted by Crippen LogP contribution is -3.00. The van der Waals surface area contributed by atoms with Gasteiger partial charge in [-0.05, 0) is 55.9 Å². The summed E-state index contributed by atoms with van der Waals surface area (Å²) in [6.07, 6.45) is 6.74. The molecule has 14 nitrogen and oxygen atoms in total. The molecule has 57 heavy (non-hydrogen) atoms. The second-order valence-electron chi connectivity index (χ2n) is 13.6. The number of carbonyl (C=O) groups excluding carboxylic acids is 4. The van der Waals surface area contributed by atoms with E-state index in [1.165, 1.54) is 16.8 Å². The van der Waals surface area contributed by atoms with Gasteiger partial charge in [-0.1, -0.05) is 67.6 Å². The van der Waals surface area contributed by atoms with Crippen LogP contribution in [0.2, 0.25) is 0 Å². The summed E-state index contributed by atoms with van der Waals surface area (Å²) >= 11 is 0. The number of ether oxygens (including phenoxy) is 2. The molecule has 0 fully saturated rings. The maximum absolute atomic E-state index is 12.2. The highest BCUT2D eigenvalue weighted by molar-refractivity contribution is 5.97. The average Bonchev–Trinajstić information content (AvgIpc) is 3.19. The van der Waals surface area contributed by atoms with E-state index in [0.717, 1.165) is 17.5 Å². The van der Waals surface area contributed by atoms with Crippen molar-refractivity contribution in [3.05, 3.63) is 132 Å². The Balaban J connectivity index is 0.000000388. The number of benzene rings is 2. The Labute approximate surface area is 338 Å². The minimum Gasteiger partial charge on any atom is -1.00 e. The normalized spacial score (nSPS) is 12.5. The molecule has 0 saturated carbocycles. The van der Waals surface area contributed by atoms with E-state index in [-0.39, 0.29) is 74.7 Å². The second kappa shape index (κ2) is 25.5. The first-order valence-electron chi connectivity index (χ1n) is 18.3. The number of hydrogen-bond donors (Lipinski definition) is 5. The van der Waals surface area contributed by atoms with Gasteiger partial charge in [0.2, 0.25) is 0 Å². The quantitative estimate of drug-likeness (QED) is 0.0675. The fourth-order valence-corrected chi connectivity index (χ4v) is 5.39. The maximum atomic E-state index is 12.2. The van der Waals surface area contributed by atoms with Crippen molar-refractivity contribution < 1.29 is 70.3 Å². The number of carboxylic acid groups (broad SMARTS) is 1. The van der Waals surface area contributed by atoms with E-state index in [9.17, 15) is 24.0 Å². The molecule has 2 heterocycles. The topological polar surface area (TPSA) is 196 Å². The number of aromatic nitrogens is 2. The smallest absolute Gasteiger partial charge is 0.412 e. The number of nitrogens with one attached hydrogen (secondary N) is 2. The maximum Gasteiger partial charge on any atom is 0.412 e. The molecule has 0 spiro atoms. The van der Waals surface area contributed by atoms with Gasteiger partial charge in [-0.3, -0.25) is 14.4 Å². The number of aliphatic hydroxyl groups is 2. The van der Waals surface area contributed by atoms with E-state index < -0.39 is 36.5 Å². The molecule has 0 aliphatic carbocycles. The Hall–Kier alpha value is -5.70. The number of aliphatic hydroxyl groups excluding tert-OH is 2. The van der Waals surface area contributed by atoms with Crippen molar-refractivity contribution in [2.45, 2.75) is 72.0 Å². The third kappa shape index (κ3) is 18.2. The number of hydrogen-bond acceptors (Lipinski definition) is 9. The van der Waals surface area contributed by atoms with Gasteiger partial charge in [-0.2, -0.15) is 9.13 Å². The number of amides is 2. The summed E-state index contributed by atoms with van der Waals surface area (Å²) in [5.41, 5.74) is 3.04. The van der Waals surface area contributed by atoms with E-state index in [2.05, 4.69) is 10.6 Å². The number of alkyl carbamates (subject to hydrolysis) is 2. The number of Topliss-reactive ketones (excluding diaryl/α,β-unsaturated/α-hetero) is 2. The summed E-state index contributed by atoms with van der Waals surface area (Å²) in [6, 6.07) is 26.1. The first-order chi connectivity index (χ1) is 26.9. The Morgan fingerprint density at radius 3 is 1.42 bits per heavy atom. The predicted octanol–water partition coefficient (Wildman–Crippen LogP) is 1.05. The fourth-order valence-electron chi connectivity index (χ4n) is 5.39. The van der Waals surface area contributed by atoms with Crippen LogP contribution in [0.3, 0.4) is 0 Å². The highest BCUT2D eigenvalue weighted by atomic mass is 35.5. The van der Waals surface area contributed by atoms with Gasteiger partial charge in [0.05, 0.1) is 23.7 Å². The van der Waals surface area contributed by atoms with Gasteiger partial charge in [0, 0.05) is 43.7 Å². The van der Waals surface area contributed by atoms with Crippen LogP contribution in [-0.2, 0) is 40.6 Å². The number of aliphatic carboxylic acids is 1. The molecule has 306 valence electrons. The van der Waals surface area contributed by atoms with Crippen molar-refractivity contribution in [2.24, 2.45) is 11.8 Å². The van der Waals surface area contributed by atoms with E-state index in [4.69, 9.17) is 24.8 Å². The van der Waals surface area contributed by atoms with Crippen LogP contribution in [0, 0.1) is 11.8 Å². The minimum atomic E-state index is -1.23. The third-order valence-electron chi connectivity index (χ3n) is 8.39. The molecule has 2 aromatic heterocycles. The van der Waals surface area contributed by atoms with Crippen molar-refractivity contribution in [1.29, 1.82) is 0 Å². The van der Waals surface area contributed by atoms with Crippen LogP contribution in [0.25, 0.3) is 0 Å². The van der Waals surface area contributed by atoms with Gasteiger partial charge < -0.3 is 47.8 Å². The number of rotatable bonds is 19. The lowest BCUT2D eigenvalue weighted by molar-refractivity contribution is -0.727. The van der Waals surface area contributed by atoms with Crippen LogP contribution >= 0.6 is 0 Å². The Kier molecular flexibility index (Phi) is 21.2. The van der Waals surface area contributed by atoms with Gasteiger partial charge in [0.25, 0.3) is 13.5 Å². The van der Waals surface area contributed by atoms with Gasteiger partial charge in [-0.15, -0.1) is 0 Å². The average molecular weight is 808 g/mol. The summed E-state index contributed by atoms with van der Waals surface area (Å²) in [4.78, 5) is 59.3. The van der Waals surface area contributed by atoms with E-state index in [1.54, 1.807) is 41.4 Å². The molecule has 2 aromatic carbocycles. The van der Waals surface area contributed by atoms with Gasteiger partial charge in [0.1, 0.15) is 0 Å². The molecule has 0 aliphatic heterocycles. The molecule has 5 N–H and O–H groups in total. The zero-order valence-corrected chi connectivity index (χ0v) is 33.1. The summed E-state index contributed by atoms with van der Waals surface area (Å²) in [5.74, 6) is -2.92. The summed E-state index contributed by atoms with van der Waals surface area (Å²) in [6.45, 7) is 4.89. The SMILES string of the molecule is C[C@@H](Cc1ccccc1)NC(=O)OC[n+]1cccc(C(=O)C[C@@H](CO)C(=O)O)c1.C[C@H](CO)CC(=O)c1ccc[n+](COC(=O)N[C@@H](C)Cc2ccccc2)c1.[Cl-]. The van der Waals surface area contributed by atoms with Gasteiger partial charge in [0.15, 0.2) is 36.4 Å². The van der Waals surface area contributed by atoms with Gasteiger partial charge in [-0.25, -0.2) is 9.59 Å². The standard InChI is InChI=1S/C21H24N2O6.C21H26N2O4.ClH/c1-15(10-16-6-3-2-4-7-16)22-21(28)29-14-23-9-5-8-17(12-23)19(25)11-18(13-24)20(26)27;1-16(14-24)11-20(25)19-9-6-10-23(13-19)15-27-21(26)22-17(2)12-18-7-4-3-5-8-18;/h2-9,12,15,18,24H,10-11,13-14H2,1H3,(H-,22,26,27,28);3-10,13,16-17,24H,11-12,14-15H2,1-2H3;1H/p+1/t15-,18-;16-,17-;/m00./s1. The molecule has 0 unspecified atom stereocenters. The Morgan fingerprint density at radius 2 is 1.04 bits per heavy atom. The number of pyridine rings is 2. The first-order valence-corrected chi connectivity index (χ1v) is 18.3. The fraction of sp³-hybridized carbons (Fsp3) is 0.357. The van der Waals surface area contributed by atoms with Crippen LogP contribution in [0.15, 0.2) is 110 Å². The molecule has 4 atom stereocenters. The largest absolute Gasteiger partial charge is 1.00 e. The van der Waals surface area contributed by atoms with E-state index in [1.807, 2.05) is 81.4 Å². The predicted molar refractivity (Wildman–Crippen MR) is 204 cm³/mol. The van der Waals surface area contributed by atoms with Crippen LogP contribution in [0.5, 0.6) is 0 Å². The highest BCUT2D eigenvalue weighted by Gasteiger charge is 2.23. The minimum absolute atomic E-state index is 0. The molecule has 4 aromatic rings. The lowest BCUT2D eigenvalue weighted by atomic mass is 10.00. The number of halogens is 1. The van der Waals surface area contributed by atoms with Crippen molar-refractivity contribution in [3.63, 3.8) is 0 Å². The number of nitrogens with zero attached hydrogens (tertiary/aromatic N) is 2. The third-order valence-corrected chi connectivity index (χ3v) is 8.39. The molecule has 0 bridgehead atoms. The van der Waals surface area contributed by atoms with Crippen LogP contribution < -0.4 is 32.2 Å². The molecular weight excluding hydrogens is 756 g/mol. The van der Waals surface area contributed by atoms with E-state index >= 15 is 0 Å². The first kappa shape index (κ1) is 47.5. The number of carbonyl (C=O) groups is 5. The van der Waals surface area contributed by atoms with Crippen LogP contribution in [0.4, 0.5) is 9.59 Å².